The number of carbonyl (C=O) groups excluding carboxylic acids is 1. The van der Waals surface area contributed by atoms with Gasteiger partial charge in [-0.2, -0.15) is 0 Å². The van der Waals surface area contributed by atoms with E-state index in [4.69, 9.17) is 4.74 Å². The normalized spacial score (nSPS) is 10.3. The van der Waals surface area contributed by atoms with Gasteiger partial charge in [0.15, 0.2) is 5.82 Å². The number of benzene rings is 1. The van der Waals surface area contributed by atoms with Crippen molar-refractivity contribution in [1.82, 2.24) is 20.1 Å². The highest BCUT2D eigenvalue weighted by Gasteiger charge is 2.05. The Kier molecular flexibility index (Phi) is 5.26. The van der Waals surface area contributed by atoms with E-state index in [9.17, 15) is 4.79 Å². The van der Waals surface area contributed by atoms with Crippen molar-refractivity contribution in [2.45, 2.75) is 0 Å². The first-order valence-electron chi connectivity index (χ1n) is 7.89. The lowest BCUT2D eigenvalue weighted by Crippen LogP contribution is -2.28. The van der Waals surface area contributed by atoms with Crippen molar-refractivity contribution in [3.63, 3.8) is 0 Å². The number of methoxy groups -OCH3 is 1. The van der Waals surface area contributed by atoms with Gasteiger partial charge in [-0.25, -0.2) is 0 Å². The zero-order chi connectivity index (χ0) is 17.5. The molecule has 0 saturated carbocycles. The van der Waals surface area contributed by atoms with Gasteiger partial charge in [0.05, 0.1) is 7.11 Å². The first-order valence-corrected chi connectivity index (χ1v) is 7.89. The van der Waals surface area contributed by atoms with E-state index < -0.39 is 0 Å². The summed E-state index contributed by atoms with van der Waals surface area (Å²) in [4.78, 5) is 12.0. The molecule has 3 aromatic rings. The summed E-state index contributed by atoms with van der Waals surface area (Å²) in [5.74, 6) is 2.01. The lowest BCUT2D eigenvalue weighted by Gasteiger charge is -2.08. The predicted octanol–water partition coefficient (Wildman–Crippen LogP) is 2.12. The second kappa shape index (κ2) is 7.96. The van der Waals surface area contributed by atoms with Crippen molar-refractivity contribution in [2.75, 3.05) is 25.5 Å². The molecule has 2 heterocycles. The number of rotatable bonds is 7. The minimum Gasteiger partial charge on any atom is -0.497 e. The molecule has 0 aliphatic carbocycles. The highest BCUT2D eigenvalue weighted by atomic mass is 16.5. The largest absolute Gasteiger partial charge is 0.497 e. The molecule has 0 radical (unpaired) electrons. The Hall–Kier alpha value is -3.35. The first kappa shape index (κ1) is 16.5. The lowest BCUT2D eigenvalue weighted by atomic mass is 10.2. The summed E-state index contributed by atoms with van der Waals surface area (Å²) in [6.45, 7) is 1.03. The van der Waals surface area contributed by atoms with Crippen LogP contribution in [0.2, 0.25) is 0 Å². The van der Waals surface area contributed by atoms with Crippen molar-refractivity contribution in [1.29, 1.82) is 0 Å². The topological polar surface area (TPSA) is 81.1 Å². The van der Waals surface area contributed by atoms with Gasteiger partial charge in [-0.15, -0.1) is 10.2 Å². The number of hydrogen-bond donors (Lipinski definition) is 2. The molecule has 7 heteroatoms. The van der Waals surface area contributed by atoms with E-state index in [1.54, 1.807) is 31.4 Å². The number of ether oxygens (including phenoxy) is 1. The third-order valence-corrected chi connectivity index (χ3v) is 3.59. The minimum atomic E-state index is -0.126. The molecule has 0 aliphatic heterocycles. The van der Waals surface area contributed by atoms with Crippen LogP contribution in [0.5, 0.6) is 5.75 Å². The maximum absolute atomic E-state index is 12.0. The summed E-state index contributed by atoms with van der Waals surface area (Å²) in [6, 6.07) is 14.6. The third kappa shape index (κ3) is 4.35. The minimum absolute atomic E-state index is 0.126. The number of carbonyl (C=O) groups is 1. The molecule has 0 unspecified atom stereocenters. The fourth-order valence-corrected chi connectivity index (χ4v) is 2.26. The van der Waals surface area contributed by atoms with Crippen LogP contribution in [0.3, 0.4) is 0 Å². The average Bonchev–Trinajstić information content (AvgIpc) is 3.20. The Bertz CT molecular complexity index is 798. The molecule has 1 aromatic carbocycles. The van der Waals surface area contributed by atoms with Gasteiger partial charge in [-0.1, -0.05) is 0 Å². The van der Waals surface area contributed by atoms with Crippen LogP contribution < -0.4 is 15.4 Å². The maximum Gasteiger partial charge on any atom is 0.251 e. The molecular weight excluding hydrogens is 318 g/mol. The Morgan fingerprint density at radius 3 is 2.44 bits per heavy atom. The number of nitrogens with zero attached hydrogens (tertiary/aromatic N) is 3. The Balaban J connectivity index is 1.44. The van der Waals surface area contributed by atoms with Gasteiger partial charge in [0, 0.05) is 31.0 Å². The summed E-state index contributed by atoms with van der Waals surface area (Å²) in [7, 11) is 1.59. The monoisotopic (exact) mass is 337 g/mol. The SMILES string of the molecule is COc1ccc(C(=O)NCCNc2ccc(-n3cccc3)nn2)cc1. The van der Waals surface area contributed by atoms with E-state index in [2.05, 4.69) is 20.8 Å². The second-order valence-corrected chi connectivity index (χ2v) is 5.28. The quantitative estimate of drug-likeness (QED) is 0.646. The van der Waals surface area contributed by atoms with Crippen molar-refractivity contribution >= 4 is 11.7 Å². The Morgan fingerprint density at radius 2 is 1.80 bits per heavy atom. The van der Waals surface area contributed by atoms with Crippen LogP contribution in [0.15, 0.2) is 60.9 Å². The van der Waals surface area contributed by atoms with E-state index in [-0.39, 0.29) is 5.91 Å². The van der Waals surface area contributed by atoms with Gasteiger partial charge < -0.3 is 19.9 Å². The summed E-state index contributed by atoms with van der Waals surface area (Å²) < 4.78 is 6.95. The molecule has 0 bridgehead atoms. The highest BCUT2D eigenvalue weighted by molar-refractivity contribution is 5.94. The summed E-state index contributed by atoms with van der Waals surface area (Å²) >= 11 is 0. The standard InChI is InChI=1S/C18H19N5O2/c1-25-15-6-4-14(5-7-15)18(24)20-11-10-19-16-8-9-17(22-21-16)23-12-2-3-13-23/h2-9,12-13H,10-11H2,1H3,(H,19,21)(H,20,24). The zero-order valence-corrected chi connectivity index (χ0v) is 13.8. The average molecular weight is 337 g/mol. The van der Waals surface area contributed by atoms with E-state index in [1.165, 1.54) is 0 Å². The van der Waals surface area contributed by atoms with Crippen LogP contribution >= 0.6 is 0 Å². The predicted molar refractivity (Wildman–Crippen MR) is 95.2 cm³/mol. The molecule has 0 fully saturated rings. The number of aromatic nitrogens is 3. The molecule has 1 amide bonds. The number of nitrogens with one attached hydrogen (secondary N) is 2. The number of hydrogen-bond acceptors (Lipinski definition) is 5. The molecule has 2 aromatic heterocycles. The van der Waals surface area contributed by atoms with Gasteiger partial charge in [0.25, 0.3) is 5.91 Å². The van der Waals surface area contributed by atoms with Crippen LogP contribution in [-0.2, 0) is 0 Å². The van der Waals surface area contributed by atoms with Crippen LogP contribution in [-0.4, -0.2) is 40.9 Å². The van der Waals surface area contributed by atoms with E-state index >= 15 is 0 Å². The zero-order valence-electron chi connectivity index (χ0n) is 13.8. The van der Waals surface area contributed by atoms with Crippen molar-refractivity contribution in [2.24, 2.45) is 0 Å². The van der Waals surface area contributed by atoms with Crippen molar-refractivity contribution < 1.29 is 9.53 Å². The Morgan fingerprint density at radius 1 is 1.04 bits per heavy atom. The Labute approximate surface area is 145 Å². The fraction of sp³-hybridized carbons (Fsp3) is 0.167. The van der Waals surface area contributed by atoms with E-state index in [0.717, 1.165) is 11.6 Å². The summed E-state index contributed by atoms with van der Waals surface area (Å²) in [5.41, 5.74) is 0.594. The molecule has 0 aliphatic rings. The van der Waals surface area contributed by atoms with Crippen LogP contribution in [0.4, 0.5) is 5.82 Å². The molecule has 7 nitrogen and oxygen atoms in total. The summed E-state index contributed by atoms with van der Waals surface area (Å²) in [6.07, 6.45) is 3.82. The van der Waals surface area contributed by atoms with Crippen molar-refractivity contribution in [3.8, 4) is 11.6 Å². The van der Waals surface area contributed by atoms with Crippen LogP contribution in [0, 0.1) is 0 Å². The van der Waals surface area contributed by atoms with Gasteiger partial charge in [0.2, 0.25) is 0 Å². The third-order valence-electron chi connectivity index (χ3n) is 3.59. The smallest absolute Gasteiger partial charge is 0.251 e. The maximum atomic E-state index is 12.0. The van der Waals surface area contributed by atoms with Crippen molar-refractivity contribution in [3.05, 3.63) is 66.5 Å². The first-order chi connectivity index (χ1) is 12.3. The van der Waals surface area contributed by atoms with Gasteiger partial charge >= 0.3 is 0 Å². The molecule has 0 atom stereocenters. The van der Waals surface area contributed by atoms with Gasteiger partial charge in [-0.3, -0.25) is 4.79 Å². The second-order valence-electron chi connectivity index (χ2n) is 5.28. The van der Waals surface area contributed by atoms with Crippen LogP contribution in [0.1, 0.15) is 10.4 Å². The molecule has 0 saturated heterocycles. The molecular formula is C18H19N5O2. The van der Waals surface area contributed by atoms with Gasteiger partial charge in [0.1, 0.15) is 11.6 Å². The molecule has 25 heavy (non-hydrogen) atoms. The van der Waals surface area contributed by atoms with E-state index in [1.807, 2.05) is 41.2 Å². The molecule has 2 N–H and O–H groups in total. The summed E-state index contributed by atoms with van der Waals surface area (Å²) in [5, 5.41) is 14.2. The molecule has 3 rings (SSSR count). The lowest BCUT2D eigenvalue weighted by molar-refractivity contribution is 0.0955. The number of anilines is 1. The highest BCUT2D eigenvalue weighted by Crippen LogP contribution is 2.11. The molecule has 0 spiro atoms. The van der Waals surface area contributed by atoms with E-state index in [0.29, 0.717) is 24.5 Å². The van der Waals surface area contributed by atoms with Crippen LogP contribution in [0.25, 0.3) is 5.82 Å². The number of amides is 1. The van der Waals surface area contributed by atoms with Gasteiger partial charge in [-0.05, 0) is 48.5 Å². The fourth-order valence-electron chi connectivity index (χ4n) is 2.26. The molecule has 128 valence electrons.